The first kappa shape index (κ1) is 14.8. The van der Waals surface area contributed by atoms with Gasteiger partial charge < -0.3 is 10.2 Å². The maximum absolute atomic E-state index is 13.1. The number of rotatable bonds is 5. The smallest absolute Gasteiger partial charge is 0.317 e. The Morgan fingerprint density at radius 2 is 2.10 bits per heavy atom. The van der Waals surface area contributed by atoms with E-state index in [1.807, 2.05) is 11.8 Å². The van der Waals surface area contributed by atoms with Gasteiger partial charge in [0.15, 0.2) is 0 Å². The highest BCUT2D eigenvalue weighted by atomic mass is 19.1. The molecule has 1 atom stereocenters. The van der Waals surface area contributed by atoms with Crippen LogP contribution in [0, 0.1) is 5.82 Å². The van der Waals surface area contributed by atoms with Crippen molar-refractivity contribution in [2.24, 2.45) is 0 Å². The van der Waals surface area contributed by atoms with E-state index in [1.165, 1.54) is 12.1 Å². The number of aromatic hydroxyl groups is 1. The van der Waals surface area contributed by atoms with Crippen LogP contribution in [0.15, 0.2) is 18.2 Å². The molecule has 0 spiro atoms. The van der Waals surface area contributed by atoms with Crippen molar-refractivity contribution in [3.63, 3.8) is 0 Å². The standard InChI is InChI=1S/C15H20FNO3/c1-10(13-7-6-11(16)8-14(13)18)17(9-15(19)20)12-4-2-3-5-12/h6-8,10,12,18H,2-5,9H2,1H3,(H,19,20). The first-order valence-corrected chi connectivity index (χ1v) is 6.95. The zero-order valence-corrected chi connectivity index (χ0v) is 11.6. The summed E-state index contributed by atoms with van der Waals surface area (Å²) in [5, 5.41) is 19.0. The highest BCUT2D eigenvalue weighted by molar-refractivity contribution is 5.69. The highest BCUT2D eigenvalue weighted by Crippen LogP contribution is 2.34. The van der Waals surface area contributed by atoms with E-state index in [4.69, 9.17) is 5.11 Å². The normalized spacial score (nSPS) is 17.6. The molecule has 1 aliphatic rings. The Bertz CT molecular complexity index is 486. The van der Waals surface area contributed by atoms with Crippen LogP contribution in [0.4, 0.5) is 4.39 Å². The van der Waals surface area contributed by atoms with Gasteiger partial charge in [-0.1, -0.05) is 18.9 Å². The van der Waals surface area contributed by atoms with E-state index in [-0.39, 0.29) is 24.4 Å². The number of nitrogens with zero attached hydrogens (tertiary/aromatic N) is 1. The topological polar surface area (TPSA) is 60.8 Å². The lowest BCUT2D eigenvalue weighted by Crippen LogP contribution is -2.39. The third-order valence-corrected chi connectivity index (χ3v) is 4.05. The molecule has 0 amide bonds. The van der Waals surface area contributed by atoms with Crippen LogP contribution in [0.2, 0.25) is 0 Å². The Labute approximate surface area is 117 Å². The number of benzene rings is 1. The summed E-state index contributed by atoms with van der Waals surface area (Å²) >= 11 is 0. The predicted octanol–water partition coefficient (Wildman–Crippen LogP) is 2.92. The maximum atomic E-state index is 13.1. The van der Waals surface area contributed by atoms with E-state index in [2.05, 4.69) is 0 Å². The molecule has 110 valence electrons. The Balaban J connectivity index is 2.24. The fourth-order valence-electron chi connectivity index (χ4n) is 3.02. The monoisotopic (exact) mass is 281 g/mol. The quantitative estimate of drug-likeness (QED) is 0.871. The average Bonchev–Trinajstić information content (AvgIpc) is 2.88. The van der Waals surface area contributed by atoms with Crippen LogP contribution >= 0.6 is 0 Å². The molecule has 0 saturated heterocycles. The minimum atomic E-state index is -0.884. The molecule has 0 aromatic heterocycles. The molecule has 0 aliphatic heterocycles. The summed E-state index contributed by atoms with van der Waals surface area (Å²) in [6.45, 7) is 1.79. The van der Waals surface area contributed by atoms with Crippen molar-refractivity contribution in [3.05, 3.63) is 29.6 Å². The van der Waals surface area contributed by atoms with E-state index in [1.54, 1.807) is 0 Å². The molecular weight excluding hydrogens is 261 g/mol. The van der Waals surface area contributed by atoms with Gasteiger partial charge >= 0.3 is 5.97 Å². The SMILES string of the molecule is CC(c1ccc(F)cc1O)N(CC(=O)O)C1CCCC1. The molecule has 2 N–H and O–H groups in total. The molecule has 1 aromatic rings. The number of hydrogen-bond acceptors (Lipinski definition) is 3. The molecule has 0 bridgehead atoms. The van der Waals surface area contributed by atoms with E-state index in [0.717, 1.165) is 31.7 Å². The molecule has 4 nitrogen and oxygen atoms in total. The Morgan fingerprint density at radius 3 is 2.65 bits per heavy atom. The van der Waals surface area contributed by atoms with E-state index in [9.17, 15) is 14.3 Å². The van der Waals surface area contributed by atoms with Gasteiger partial charge in [0, 0.05) is 23.7 Å². The van der Waals surface area contributed by atoms with Crippen LogP contribution in [0.5, 0.6) is 5.75 Å². The van der Waals surface area contributed by atoms with Gasteiger partial charge in [-0.3, -0.25) is 9.69 Å². The van der Waals surface area contributed by atoms with Gasteiger partial charge in [-0.25, -0.2) is 4.39 Å². The lowest BCUT2D eigenvalue weighted by atomic mass is 10.0. The molecule has 20 heavy (non-hydrogen) atoms. The second-order valence-corrected chi connectivity index (χ2v) is 5.38. The van der Waals surface area contributed by atoms with Crippen molar-refractivity contribution in [1.82, 2.24) is 4.90 Å². The zero-order chi connectivity index (χ0) is 14.7. The number of aliphatic carboxylic acids is 1. The number of phenols is 1. The second kappa shape index (κ2) is 6.22. The van der Waals surface area contributed by atoms with Crippen molar-refractivity contribution in [1.29, 1.82) is 0 Å². The number of carboxylic acids is 1. The fraction of sp³-hybridized carbons (Fsp3) is 0.533. The summed E-state index contributed by atoms with van der Waals surface area (Å²) in [6.07, 6.45) is 4.14. The van der Waals surface area contributed by atoms with Crippen molar-refractivity contribution in [3.8, 4) is 5.75 Å². The second-order valence-electron chi connectivity index (χ2n) is 5.38. The molecule has 1 saturated carbocycles. The third kappa shape index (κ3) is 3.28. The molecule has 2 rings (SSSR count). The van der Waals surface area contributed by atoms with Gasteiger partial charge in [0.1, 0.15) is 11.6 Å². The van der Waals surface area contributed by atoms with Crippen LogP contribution in [-0.2, 0) is 4.79 Å². The summed E-state index contributed by atoms with van der Waals surface area (Å²) in [7, 11) is 0. The maximum Gasteiger partial charge on any atom is 0.317 e. The van der Waals surface area contributed by atoms with Crippen LogP contribution in [0.25, 0.3) is 0 Å². The molecule has 1 fully saturated rings. The summed E-state index contributed by atoms with van der Waals surface area (Å²) in [6, 6.07) is 3.85. The average molecular weight is 281 g/mol. The van der Waals surface area contributed by atoms with Crippen LogP contribution < -0.4 is 0 Å². The van der Waals surface area contributed by atoms with Crippen molar-refractivity contribution < 1.29 is 19.4 Å². The Kier molecular flexibility index (Phi) is 4.60. The molecule has 1 aromatic carbocycles. The Morgan fingerprint density at radius 1 is 1.45 bits per heavy atom. The molecule has 0 radical (unpaired) electrons. The van der Waals surface area contributed by atoms with Gasteiger partial charge in [-0.15, -0.1) is 0 Å². The van der Waals surface area contributed by atoms with E-state index in [0.29, 0.717) is 5.56 Å². The summed E-state index contributed by atoms with van der Waals surface area (Å²) in [5.74, 6) is -1.50. The zero-order valence-electron chi connectivity index (χ0n) is 11.6. The van der Waals surface area contributed by atoms with Gasteiger partial charge in [-0.05, 0) is 25.8 Å². The minimum absolute atomic E-state index is 0.0668. The molecule has 0 heterocycles. The molecule has 5 heteroatoms. The first-order chi connectivity index (χ1) is 9.49. The molecule has 1 unspecified atom stereocenters. The molecule has 1 aliphatic carbocycles. The van der Waals surface area contributed by atoms with Crippen molar-refractivity contribution >= 4 is 5.97 Å². The fourth-order valence-corrected chi connectivity index (χ4v) is 3.02. The van der Waals surface area contributed by atoms with Gasteiger partial charge in [-0.2, -0.15) is 0 Å². The number of halogens is 1. The lowest BCUT2D eigenvalue weighted by molar-refractivity contribution is -0.139. The van der Waals surface area contributed by atoms with Crippen molar-refractivity contribution in [2.75, 3.05) is 6.54 Å². The summed E-state index contributed by atoms with van der Waals surface area (Å²) in [5.41, 5.74) is 0.569. The number of hydrogen-bond donors (Lipinski definition) is 2. The summed E-state index contributed by atoms with van der Waals surface area (Å²) in [4.78, 5) is 13.0. The van der Waals surface area contributed by atoms with Crippen LogP contribution in [-0.4, -0.2) is 33.7 Å². The van der Waals surface area contributed by atoms with Crippen LogP contribution in [0.1, 0.15) is 44.2 Å². The first-order valence-electron chi connectivity index (χ1n) is 6.95. The lowest BCUT2D eigenvalue weighted by Gasteiger charge is -2.33. The number of phenolic OH excluding ortho intramolecular Hbond substituents is 1. The van der Waals surface area contributed by atoms with E-state index >= 15 is 0 Å². The minimum Gasteiger partial charge on any atom is -0.508 e. The third-order valence-electron chi connectivity index (χ3n) is 4.05. The molecular formula is C15H20FNO3. The highest BCUT2D eigenvalue weighted by Gasteiger charge is 2.29. The van der Waals surface area contributed by atoms with Crippen LogP contribution in [0.3, 0.4) is 0 Å². The largest absolute Gasteiger partial charge is 0.508 e. The Hall–Kier alpha value is -1.62. The predicted molar refractivity (Wildman–Crippen MR) is 73.1 cm³/mol. The van der Waals surface area contributed by atoms with Crippen molar-refractivity contribution in [2.45, 2.75) is 44.7 Å². The number of carboxylic acid groups (broad SMARTS) is 1. The summed E-state index contributed by atoms with van der Waals surface area (Å²) < 4.78 is 13.1. The van der Waals surface area contributed by atoms with E-state index < -0.39 is 11.8 Å². The number of carbonyl (C=O) groups is 1. The van der Waals surface area contributed by atoms with Gasteiger partial charge in [0.2, 0.25) is 0 Å². The van der Waals surface area contributed by atoms with Gasteiger partial charge in [0.05, 0.1) is 6.54 Å². The van der Waals surface area contributed by atoms with Gasteiger partial charge in [0.25, 0.3) is 0 Å².